The molecule has 0 aliphatic rings. The first-order valence-electron chi connectivity index (χ1n) is 11.9. The maximum Gasteiger partial charge on any atom is 0.264 e. The number of carbonyl (C=O) groups is 1. The van der Waals surface area contributed by atoms with E-state index in [1.807, 2.05) is 42.5 Å². The maximum absolute atomic E-state index is 12.5. The van der Waals surface area contributed by atoms with E-state index in [0.29, 0.717) is 18.5 Å². The Bertz CT molecular complexity index is 1210. The number of aryl methyl sites for hydroxylation is 1. The molecule has 0 heterocycles. The van der Waals surface area contributed by atoms with Gasteiger partial charge in [-0.1, -0.05) is 80.1 Å². The SMILES string of the molecule is CCCCc1cc(-c2ccc(CCNC[C@H](O)c3ccccc3)cc2)ccc1C(=O)NS(C)(=O)=O. The number of amides is 1. The van der Waals surface area contributed by atoms with Crippen LogP contribution in [-0.2, 0) is 22.9 Å². The number of rotatable bonds is 12. The summed E-state index contributed by atoms with van der Waals surface area (Å²) in [5, 5.41) is 13.6. The summed E-state index contributed by atoms with van der Waals surface area (Å²) in [5.74, 6) is -0.592. The van der Waals surface area contributed by atoms with Crippen LogP contribution >= 0.6 is 0 Å². The molecule has 0 saturated heterocycles. The van der Waals surface area contributed by atoms with Crippen LogP contribution in [0.3, 0.4) is 0 Å². The van der Waals surface area contributed by atoms with E-state index in [1.165, 1.54) is 5.56 Å². The van der Waals surface area contributed by atoms with Crippen LogP contribution in [0.15, 0.2) is 72.8 Å². The van der Waals surface area contributed by atoms with E-state index in [1.54, 1.807) is 6.07 Å². The van der Waals surface area contributed by atoms with E-state index in [4.69, 9.17) is 0 Å². The molecular formula is C28H34N2O4S. The third-order valence-corrected chi connectivity index (χ3v) is 6.38. The molecule has 0 bridgehead atoms. The van der Waals surface area contributed by atoms with Crippen LogP contribution in [0.1, 0.15) is 52.9 Å². The molecule has 0 unspecified atom stereocenters. The summed E-state index contributed by atoms with van der Waals surface area (Å²) in [6, 6.07) is 23.4. The van der Waals surface area contributed by atoms with Crippen LogP contribution in [0.4, 0.5) is 0 Å². The van der Waals surface area contributed by atoms with Gasteiger partial charge in [0.1, 0.15) is 0 Å². The van der Waals surface area contributed by atoms with Crippen molar-refractivity contribution in [1.29, 1.82) is 0 Å². The highest BCUT2D eigenvalue weighted by Crippen LogP contribution is 2.25. The van der Waals surface area contributed by atoms with Gasteiger partial charge in [-0.2, -0.15) is 0 Å². The fourth-order valence-electron chi connectivity index (χ4n) is 3.92. The monoisotopic (exact) mass is 494 g/mol. The third kappa shape index (κ3) is 8.31. The summed E-state index contributed by atoms with van der Waals surface area (Å²) in [4.78, 5) is 12.5. The highest BCUT2D eigenvalue weighted by molar-refractivity contribution is 7.89. The number of benzene rings is 3. The van der Waals surface area contributed by atoms with Crippen molar-refractivity contribution in [3.05, 3.63) is 95.1 Å². The van der Waals surface area contributed by atoms with Gasteiger partial charge in [-0.25, -0.2) is 13.1 Å². The Morgan fingerprint density at radius 3 is 2.29 bits per heavy atom. The minimum atomic E-state index is -3.62. The van der Waals surface area contributed by atoms with E-state index in [2.05, 4.69) is 41.2 Å². The van der Waals surface area contributed by atoms with E-state index < -0.39 is 22.0 Å². The fraction of sp³-hybridized carbons (Fsp3) is 0.321. The Hall–Kier alpha value is -3.00. The Labute approximate surface area is 208 Å². The lowest BCUT2D eigenvalue weighted by atomic mass is 9.95. The van der Waals surface area contributed by atoms with Gasteiger partial charge in [-0.15, -0.1) is 0 Å². The van der Waals surface area contributed by atoms with E-state index in [-0.39, 0.29) is 0 Å². The molecule has 0 fully saturated rings. The standard InChI is InChI=1S/C28H34N2O4S/c1-3-4-8-25-19-24(15-16-26(25)28(32)30-35(2,33)34)22-13-11-21(12-14-22)17-18-29-20-27(31)23-9-6-5-7-10-23/h5-7,9-16,19,27,29,31H,3-4,8,17-18,20H2,1-2H3,(H,30,32)/t27-/m0/s1. The van der Waals surface area contributed by atoms with Crippen LogP contribution in [0.25, 0.3) is 11.1 Å². The zero-order chi connectivity index (χ0) is 25.3. The quantitative estimate of drug-likeness (QED) is 0.327. The van der Waals surface area contributed by atoms with Crippen molar-refractivity contribution in [3.8, 4) is 11.1 Å². The van der Waals surface area contributed by atoms with Gasteiger partial charge in [0.25, 0.3) is 5.91 Å². The molecule has 0 saturated carbocycles. The largest absolute Gasteiger partial charge is 0.387 e. The van der Waals surface area contributed by atoms with E-state index in [9.17, 15) is 18.3 Å². The molecular weight excluding hydrogens is 460 g/mol. The van der Waals surface area contributed by atoms with Gasteiger partial charge in [0.05, 0.1) is 12.4 Å². The normalized spacial score (nSPS) is 12.3. The smallest absolute Gasteiger partial charge is 0.264 e. The first kappa shape index (κ1) is 26.6. The average molecular weight is 495 g/mol. The first-order chi connectivity index (χ1) is 16.8. The Morgan fingerprint density at radius 2 is 1.63 bits per heavy atom. The number of sulfonamides is 1. The molecule has 3 rings (SSSR count). The van der Waals surface area contributed by atoms with Crippen molar-refractivity contribution in [3.63, 3.8) is 0 Å². The minimum Gasteiger partial charge on any atom is -0.387 e. The summed E-state index contributed by atoms with van der Waals surface area (Å²) in [6.07, 6.45) is 3.88. The van der Waals surface area contributed by atoms with Gasteiger partial charge in [0, 0.05) is 12.1 Å². The van der Waals surface area contributed by atoms with Gasteiger partial charge in [0.15, 0.2) is 0 Å². The second-order valence-corrected chi connectivity index (χ2v) is 10.5. The van der Waals surface area contributed by atoms with Gasteiger partial charge in [-0.05, 0) is 59.7 Å². The van der Waals surface area contributed by atoms with Crippen LogP contribution in [-0.4, -0.2) is 38.8 Å². The number of aliphatic hydroxyl groups excluding tert-OH is 1. The number of hydrogen-bond acceptors (Lipinski definition) is 5. The third-order valence-electron chi connectivity index (χ3n) is 5.83. The predicted octanol–water partition coefficient (Wildman–Crippen LogP) is 4.25. The molecule has 186 valence electrons. The number of nitrogens with one attached hydrogen (secondary N) is 2. The Balaban J connectivity index is 1.62. The van der Waals surface area contributed by atoms with E-state index in [0.717, 1.165) is 54.3 Å². The molecule has 0 spiro atoms. The van der Waals surface area contributed by atoms with E-state index >= 15 is 0 Å². The highest BCUT2D eigenvalue weighted by atomic mass is 32.2. The van der Waals surface area contributed by atoms with Crippen LogP contribution < -0.4 is 10.0 Å². The first-order valence-corrected chi connectivity index (χ1v) is 13.8. The summed E-state index contributed by atoms with van der Waals surface area (Å²) < 4.78 is 25.1. The molecule has 1 atom stereocenters. The lowest BCUT2D eigenvalue weighted by molar-refractivity contribution is 0.0980. The lowest BCUT2D eigenvalue weighted by Crippen LogP contribution is -2.30. The van der Waals surface area contributed by atoms with Gasteiger partial charge in [-0.3, -0.25) is 4.79 Å². The highest BCUT2D eigenvalue weighted by Gasteiger charge is 2.16. The van der Waals surface area contributed by atoms with Crippen molar-refractivity contribution < 1.29 is 18.3 Å². The zero-order valence-electron chi connectivity index (χ0n) is 20.3. The maximum atomic E-state index is 12.5. The van der Waals surface area contributed by atoms with Crippen molar-refractivity contribution in [2.45, 2.75) is 38.7 Å². The van der Waals surface area contributed by atoms with Gasteiger partial charge >= 0.3 is 0 Å². The number of unbranched alkanes of at least 4 members (excludes halogenated alkanes) is 1. The van der Waals surface area contributed by atoms with Crippen LogP contribution in [0.2, 0.25) is 0 Å². The van der Waals surface area contributed by atoms with Gasteiger partial charge in [0.2, 0.25) is 10.0 Å². The molecule has 0 aromatic heterocycles. The predicted molar refractivity (Wildman–Crippen MR) is 141 cm³/mol. The average Bonchev–Trinajstić information content (AvgIpc) is 2.85. The Kier molecular flexibility index (Phi) is 9.60. The second kappa shape index (κ2) is 12.6. The molecule has 7 heteroatoms. The molecule has 3 aromatic carbocycles. The number of aliphatic hydroxyl groups is 1. The molecule has 1 amide bonds. The topological polar surface area (TPSA) is 95.5 Å². The number of hydrogen-bond donors (Lipinski definition) is 3. The van der Waals surface area contributed by atoms with Gasteiger partial charge < -0.3 is 10.4 Å². The van der Waals surface area contributed by atoms with Crippen molar-refractivity contribution in [1.82, 2.24) is 10.0 Å². The van der Waals surface area contributed by atoms with Crippen LogP contribution in [0.5, 0.6) is 0 Å². The number of carbonyl (C=O) groups excluding carboxylic acids is 1. The molecule has 35 heavy (non-hydrogen) atoms. The summed E-state index contributed by atoms with van der Waals surface area (Å²) in [7, 11) is -3.62. The lowest BCUT2D eigenvalue weighted by Gasteiger charge is -2.13. The second-order valence-electron chi connectivity index (χ2n) is 8.76. The fourth-order valence-corrected chi connectivity index (χ4v) is 4.37. The molecule has 0 aliphatic carbocycles. The van der Waals surface area contributed by atoms with Crippen LogP contribution in [0, 0.1) is 0 Å². The molecule has 3 N–H and O–H groups in total. The van der Waals surface area contributed by atoms with Crippen molar-refractivity contribution in [2.75, 3.05) is 19.3 Å². The summed E-state index contributed by atoms with van der Waals surface area (Å²) >= 11 is 0. The molecule has 3 aromatic rings. The zero-order valence-corrected chi connectivity index (χ0v) is 21.1. The Morgan fingerprint density at radius 1 is 0.943 bits per heavy atom. The van der Waals surface area contributed by atoms with Crippen molar-refractivity contribution in [2.24, 2.45) is 0 Å². The summed E-state index contributed by atoms with van der Waals surface area (Å²) in [5.41, 5.74) is 5.36. The molecule has 0 aliphatic heterocycles. The minimum absolute atomic E-state index is 0.396. The molecule has 0 radical (unpaired) electrons. The van der Waals surface area contributed by atoms with Crippen molar-refractivity contribution >= 4 is 15.9 Å². The summed E-state index contributed by atoms with van der Waals surface area (Å²) in [6.45, 7) is 3.34. The molecule has 6 nitrogen and oxygen atoms in total.